The van der Waals surface area contributed by atoms with Crippen molar-refractivity contribution in [2.24, 2.45) is 5.92 Å². The summed E-state index contributed by atoms with van der Waals surface area (Å²) >= 11 is 0. The monoisotopic (exact) mass is 349 g/mol. The van der Waals surface area contributed by atoms with E-state index in [1.165, 1.54) is 25.2 Å². The largest absolute Gasteiger partial charge is 0.470 e. The number of aromatic nitrogens is 4. The Morgan fingerprint density at radius 3 is 2.80 bits per heavy atom. The first-order valence-electron chi connectivity index (χ1n) is 8.48. The molecule has 2 aliphatic heterocycles. The number of ether oxygens (including phenoxy) is 1. The summed E-state index contributed by atoms with van der Waals surface area (Å²) in [7, 11) is 0. The third-order valence-corrected chi connectivity index (χ3v) is 5.28. The molecule has 0 N–H and O–H groups in total. The summed E-state index contributed by atoms with van der Waals surface area (Å²) in [5, 5.41) is 4.04. The topological polar surface area (TPSA) is 77.2 Å². The zero-order valence-corrected chi connectivity index (χ0v) is 13.4. The van der Waals surface area contributed by atoms with Gasteiger partial charge in [0.25, 0.3) is 6.43 Å². The highest BCUT2D eigenvalue weighted by molar-refractivity contribution is 5.46. The van der Waals surface area contributed by atoms with Gasteiger partial charge in [0.05, 0.1) is 12.4 Å². The van der Waals surface area contributed by atoms with E-state index in [1.807, 2.05) is 0 Å². The molecule has 2 bridgehead atoms. The summed E-state index contributed by atoms with van der Waals surface area (Å²) in [5.41, 5.74) is 0.341. The van der Waals surface area contributed by atoms with Gasteiger partial charge in [0.1, 0.15) is 11.2 Å². The third-order valence-electron chi connectivity index (χ3n) is 5.28. The quantitative estimate of drug-likeness (QED) is 0.791. The van der Waals surface area contributed by atoms with Gasteiger partial charge in [0, 0.05) is 12.6 Å². The van der Waals surface area contributed by atoms with Crippen LogP contribution in [0.3, 0.4) is 0 Å². The molecule has 0 radical (unpaired) electrons. The minimum Gasteiger partial charge on any atom is -0.470 e. The van der Waals surface area contributed by atoms with Gasteiger partial charge >= 0.3 is 0 Å². The second-order valence-electron chi connectivity index (χ2n) is 7.05. The van der Waals surface area contributed by atoms with Crippen LogP contribution in [-0.2, 0) is 5.54 Å². The molecular formula is C16H17F2N5O2. The van der Waals surface area contributed by atoms with Crippen molar-refractivity contribution in [1.29, 1.82) is 0 Å². The zero-order valence-electron chi connectivity index (χ0n) is 13.4. The molecule has 0 amide bonds. The summed E-state index contributed by atoms with van der Waals surface area (Å²) in [5.74, 6) is 1.80. The molecule has 0 atom stereocenters. The molecule has 0 spiro atoms. The molecule has 132 valence electrons. The van der Waals surface area contributed by atoms with E-state index in [4.69, 9.17) is 9.26 Å². The van der Waals surface area contributed by atoms with E-state index in [9.17, 15) is 8.78 Å². The van der Waals surface area contributed by atoms with Gasteiger partial charge in [-0.05, 0) is 31.6 Å². The molecule has 2 saturated heterocycles. The standard InChI is InChI=1S/C16H17F2N5O2/c17-12(18)8-24-13-6-19-11(5-20-13)14-21-15(25-22-14)16-3-9(4-16)7-23(16)10-1-2-10/h5-6,9-10,12H,1-4,7-8H2. The van der Waals surface area contributed by atoms with Gasteiger partial charge in [-0.1, -0.05) is 5.16 Å². The molecule has 2 aromatic rings. The van der Waals surface area contributed by atoms with E-state index >= 15 is 0 Å². The van der Waals surface area contributed by atoms with Gasteiger partial charge in [-0.15, -0.1) is 0 Å². The number of halogens is 2. The molecule has 4 heterocycles. The van der Waals surface area contributed by atoms with Crippen molar-refractivity contribution in [3.8, 4) is 17.4 Å². The van der Waals surface area contributed by atoms with Crippen LogP contribution in [-0.4, -0.2) is 50.6 Å². The van der Waals surface area contributed by atoms with Crippen molar-refractivity contribution < 1.29 is 18.0 Å². The van der Waals surface area contributed by atoms with Crippen molar-refractivity contribution in [3.63, 3.8) is 0 Å². The van der Waals surface area contributed by atoms with Crippen molar-refractivity contribution in [2.45, 2.75) is 43.7 Å². The van der Waals surface area contributed by atoms with Crippen LogP contribution in [0.1, 0.15) is 31.6 Å². The predicted molar refractivity (Wildman–Crippen MR) is 81.0 cm³/mol. The Bertz CT molecular complexity index is 771. The van der Waals surface area contributed by atoms with Crippen molar-refractivity contribution in [2.75, 3.05) is 13.2 Å². The number of fused-ring (bicyclic) bond motifs is 1. The van der Waals surface area contributed by atoms with Crippen LogP contribution >= 0.6 is 0 Å². The maximum absolute atomic E-state index is 12.1. The Morgan fingerprint density at radius 2 is 2.12 bits per heavy atom. The molecule has 4 aliphatic rings. The average Bonchev–Trinajstić information content (AvgIpc) is 3.04. The smallest absolute Gasteiger partial charge is 0.272 e. The summed E-state index contributed by atoms with van der Waals surface area (Å²) in [6.45, 7) is 0.416. The van der Waals surface area contributed by atoms with E-state index in [1.54, 1.807) is 0 Å². The summed E-state index contributed by atoms with van der Waals surface area (Å²) in [6.07, 6.45) is 4.81. The van der Waals surface area contributed by atoms with E-state index in [-0.39, 0.29) is 11.4 Å². The van der Waals surface area contributed by atoms with Crippen LogP contribution in [0, 0.1) is 5.92 Å². The minimum atomic E-state index is -2.55. The van der Waals surface area contributed by atoms with Crippen LogP contribution < -0.4 is 4.74 Å². The van der Waals surface area contributed by atoms with Crippen molar-refractivity contribution >= 4 is 0 Å². The Morgan fingerprint density at radius 1 is 1.28 bits per heavy atom. The third kappa shape index (κ3) is 2.48. The number of alkyl halides is 2. The molecule has 0 aromatic carbocycles. The highest BCUT2D eigenvalue weighted by atomic mass is 19.3. The van der Waals surface area contributed by atoms with Gasteiger partial charge in [0.2, 0.25) is 17.6 Å². The molecule has 25 heavy (non-hydrogen) atoms. The lowest BCUT2D eigenvalue weighted by Crippen LogP contribution is -2.44. The SMILES string of the molecule is FC(F)COc1cnc(-c2noc(C34CC(CN3C3CC3)C4)n2)cn1. The van der Waals surface area contributed by atoms with Crippen molar-refractivity contribution in [1.82, 2.24) is 25.0 Å². The van der Waals surface area contributed by atoms with Crippen LogP contribution in [0.5, 0.6) is 5.88 Å². The first-order valence-corrected chi connectivity index (χ1v) is 8.48. The molecular weight excluding hydrogens is 332 g/mol. The number of rotatable bonds is 6. The lowest BCUT2D eigenvalue weighted by atomic mass is 9.73. The van der Waals surface area contributed by atoms with E-state index < -0.39 is 13.0 Å². The van der Waals surface area contributed by atoms with Gasteiger partial charge in [0.15, 0.2) is 6.61 Å². The molecule has 2 aliphatic carbocycles. The maximum atomic E-state index is 12.1. The molecule has 4 fully saturated rings. The van der Waals surface area contributed by atoms with E-state index in [2.05, 4.69) is 25.0 Å². The summed E-state index contributed by atoms with van der Waals surface area (Å²) < 4.78 is 34.7. The van der Waals surface area contributed by atoms with Gasteiger partial charge in [-0.25, -0.2) is 18.7 Å². The van der Waals surface area contributed by atoms with Gasteiger partial charge in [-0.2, -0.15) is 4.98 Å². The highest BCUT2D eigenvalue weighted by Crippen LogP contribution is 2.59. The average molecular weight is 349 g/mol. The van der Waals surface area contributed by atoms with Crippen LogP contribution in [0.4, 0.5) is 8.78 Å². The lowest BCUT2D eigenvalue weighted by molar-refractivity contribution is 0.0602. The molecule has 2 saturated carbocycles. The maximum Gasteiger partial charge on any atom is 0.272 e. The summed E-state index contributed by atoms with van der Waals surface area (Å²) in [6, 6.07) is 0.661. The lowest BCUT2D eigenvalue weighted by Gasteiger charge is -2.39. The number of hydrogen-bond donors (Lipinski definition) is 0. The molecule has 7 nitrogen and oxygen atoms in total. The number of nitrogens with zero attached hydrogens (tertiary/aromatic N) is 5. The Balaban J connectivity index is 1.34. The Labute approximate surface area is 142 Å². The first kappa shape index (κ1) is 15.1. The second-order valence-corrected chi connectivity index (χ2v) is 7.05. The van der Waals surface area contributed by atoms with E-state index in [0.29, 0.717) is 23.5 Å². The van der Waals surface area contributed by atoms with E-state index in [0.717, 1.165) is 25.3 Å². The molecule has 2 aromatic heterocycles. The second kappa shape index (κ2) is 5.42. The first-order chi connectivity index (χ1) is 12.1. The Hall–Kier alpha value is -2.16. The van der Waals surface area contributed by atoms with Gasteiger partial charge < -0.3 is 9.26 Å². The fourth-order valence-electron chi connectivity index (χ4n) is 4.07. The molecule has 6 rings (SSSR count). The summed E-state index contributed by atoms with van der Waals surface area (Å²) in [4.78, 5) is 15.2. The molecule has 9 heteroatoms. The zero-order chi connectivity index (χ0) is 17.0. The highest BCUT2D eigenvalue weighted by Gasteiger charge is 2.63. The normalized spacial score (nSPS) is 28.4. The molecule has 0 unspecified atom stereocenters. The number of hydrogen-bond acceptors (Lipinski definition) is 7. The van der Waals surface area contributed by atoms with Crippen LogP contribution in [0.2, 0.25) is 0 Å². The fraction of sp³-hybridized carbons (Fsp3) is 0.625. The predicted octanol–water partition coefficient (Wildman–Crippen LogP) is 2.25. The fourth-order valence-corrected chi connectivity index (χ4v) is 4.07. The van der Waals surface area contributed by atoms with Crippen LogP contribution in [0.25, 0.3) is 11.5 Å². The van der Waals surface area contributed by atoms with Gasteiger partial charge in [-0.3, -0.25) is 4.90 Å². The minimum absolute atomic E-state index is 0.0453. The Kier molecular flexibility index (Phi) is 3.28. The van der Waals surface area contributed by atoms with Crippen LogP contribution in [0.15, 0.2) is 16.9 Å². The van der Waals surface area contributed by atoms with Crippen molar-refractivity contribution in [3.05, 3.63) is 18.3 Å².